The van der Waals surface area contributed by atoms with Gasteiger partial charge in [0.25, 0.3) is 10.1 Å². The smallest absolute Gasteiger partial charge is 0.305 e. The van der Waals surface area contributed by atoms with Gasteiger partial charge in [0, 0.05) is 18.9 Å². The fourth-order valence-electron chi connectivity index (χ4n) is 5.75. The van der Waals surface area contributed by atoms with Gasteiger partial charge >= 0.3 is 5.97 Å². The highest BCUT2D eigenvalue weighted by atomic mass is 32.2. The summed E-state index contributed by atoms with van der Waals surface area (Å²) in [6.07, 6.45) is 25.1. The lowest BCUT2D eigenvalue weighted by Gasteiger charge is -2.11. The molecular formula is C37H64O7S. The predicted octanol–water partition coefficient (Wildman–Crippen LogP) is 9.49. The number of aryl methyl sites for hydroxylation is 1. The highest BCUT2D eigenvalue weighted by Gasteiger charge is 2.26. The Morgan fingerprint density at radius 2 is 1.27 bits per heavy atom. The van der Waals surface area contributed by atoms with E-state index in [9.17, 15) is 13.2 Å². The number of hydrogen-bond acceptors (Lipinski definition) is 7. The molecule has 7 nitrogen and oxygen atoms in total. The van der Waals surface area contributed by atoms with Gasteiger partial charge in [-0.2, -0.15) is 8.42 Å². The van der Waals surface area contributed by atoms with E-state index in [0.29, 0.717) is 45.5 Å². The van der Waals surface area contributed by atoms with Crippen LogP contribution in [0.2, 0.25) is 0 Å². The molecule has 0 bridgehead atoms. The Balaban J connectivity index is 1.32. The molecule has 1 heterocycles. The van der Waals surface area contributed by atoms with Gasteiger partial charge in [-0.25, -0.2) is 0 Å². The van der Waals surface area contributed by atoms with E-state index in [0.717, 1.165) is 25.0 Å². The molecule has 1 saturated heterocycles. The number of esters is 1. The molecule has 1 aliphatic rings. The number of unbranched alkanes of at least 4 members (excludes halogenated alkanes) is 17. The summed E-state index contributed by atoms with van der Waals surface area (Å²) in [6, 6.07) is 6.59. The number of ether oxygens (including phenoxy) is 3. The Morgan fingerprint density at radius 1 is 0.733 bits per heavy atom. The molecule has 1 fully saturated rings. The van der Waals surface area contributed by atoms with Gasteiger partial charge in [0.1, 0.15) is 0 Å². The van der Waals surface area contributed by atoms with E-state index in [1.165, 1.54) is 96.3 Å². The molecular weight excluding hydrogens is 588 g/mol. The van der Waals surface area contributed by atoms with Crippen LogP contribution < -0.4 is 0 Å². The van der Waals surface area contributed by atoms with Crippen LogP contribution in [0, 0.1) is 12.8 Å². The molecule has 2 unspecified atom stereocenters. The average molecular weight is 653 g/mol. The monoisotopic (exact) mass is 652 g/mol. The standard InChI is InChI=1S/C37H64O7S/c1-3-4-5-6-7-8-9-10-11-12-13-14-15-16-17-20-27-41-32-35-29-34(30-42-35)31-43-37(38)22-19-18-21-28-44-45(39,40)36-25-23-33(2)24-26-36/h23-26,34-35H,3-22,27-32H2,1-2H3. The molecule has 1 aromatic carbocycles. The van der Waals surface area contributed by atoms with E-state index in [-0.39, 0.29) is 29.5 Å². The molecule has 1 aliphatic heterocycles. The third-order valence-corrected chi connectivity index (χ3v) is 9.99. The summed E-state index contributed by atoms with van der Waals surface area (Å²) in [6.45, 7) is 6.68. The van der Waals surface area contributed by atoms with Crippen molar-refractivity contribution < 1.29 is 31.6 Å². The van der Waals surface area contributed by atoms with Crippen LogP contribution in [-0.4, -0.2) is 53.5 Å². The van der Waals surface area contributed by atoms with Crippen molar-refractivity contribution >= 4 is 16.1 Å². The number of benzene rings is 1. The van der Waals surface area contributed by atoms with Gasteiger partial charge in [-0.3, -0.25) is 8.98 Å². The molecule has 0 radical (unpaired) electrons. The molecule has 0 aliphatic carbocycles. The second-order valence-corrected chi connectivity index (χ2v) is 14.6. The quantitative estimate of drug-likeness (QED) is 0.0484. The van der Waals surface area contributed by atoms with Crippen LogP contribution in [0.4, 0.5) is 0 Å². The maximum Gasteiger partial charge on any atom is 0.305 e. The van der Waals surface area contributed by atoms with Crippen LogP contribution in [0.25, 0.3) is 0 Å². The Bertz CT molecular complexity index is 963. The topological polar surface area (TPSA) is 88.1 Å². The first-order valence-corrected chi connectivity index (χ1v) is 19.6. The number of carbonyl (C=O) groups excluding carboxylic acids is 1. The lowest BCUT2D eigenvalue weighted by molar-refractivity contribution is -0.145. The number of rotatable bonds is 29. The summed E-state index contributed by atoms with van der Waals surface area (Å²) in [5.41, 5.74) is 0.992. The third-order valence-electron chi connectivity index (χ3n) is 8.66. The summed E-state index contributed by atoms with van der Waals surface area (Å²) in [5.74, 6) is 0.00451. The summed E-state index contributed by atoms with van der Waals surface area (Å²) in [7, 11) is -3.74. The van der Waals surface area contributed by atoms with Crippen molar-refractivity contribution in [2.45, 2.75) is 160 Å². The SMILES string of the molecule is CCCCCCCCCCCCCCCCCCOCC1CC(COC(=O)CCCCCOS(=O)(=O)c2ccc(C)cc2)CO1. The Labute approximate surface area is 275 Å². The van der Waals surface area contributed by atoms with Crippen molar-refractivity contribution in [3.05, 3.63) is 29.8 Å². The number of hydrogen-bond donors (Lipinski definition) is 0. The van der Waals surface area contributed by atoms with Crippen molar-refractivity contribution in [1.82, 2.24) is 0 Å². The van der Waals surface area contributed by atoms with Gasteiger partial charge in [0.05, 0.1) is 37.4 Å². The Hall–Kier alpha value is -1.48. The fourth-order valence-corrected chi connectivity index (χ4v) is 6.69. The van der Waals surface area contributed by atoms with Crippen LogP contribution >= 0.6 is 0 Å². The van der Waals surface area contributed by atoms with Crippen LogP contribution in [0.15, 0.2) is 29.2 Å². The van der Waals surface area contributed by atoms with Gasteiger partial charge in [0.2, 0.25) is 0 Å². The third kappa shape index (κ3) is 20.4. The first-order chi connectivity index (χ1) is 21.9. The van der Waals surface area contributed by atoms with Crippen molar-refractivity contribution in [2.75, 3.05) is 33.0 Å². The van der Waals surface area contributed by atoms with Gasteiger partial charge in [-0.1, -0.05) is 127 Å². The van der Waals surface area contributed by atoms with Crippen LogP contribution in [0.3, 0.4) is 0 Å². The molecule has 45 heavy (non-hydrogen) atoms. The summed E-state index contributed by atoms with van der Waals surface area (Å²) in [5, 5.41) is 0. The second-order valence-electron chi connectivity index (χ2n) is 13.0. The lowest BCUT2D eigenvalue weighted by atomic mass is 10.0. The van der Waals surface area contributed by atoms with E-state index in [4.69, 9.17) is 18.4 Å². The minimum atomic E-state index is -3.74. The van der Waals surface area contributed by atoms with E-state index >= 15 is 0 Å². The van der Waals surface area contributed by atoms with E-state index in [1.54, 1.807) is 24.3 Å². The minimum absolute atomic E-state index is 0.0888. The molecule has 1 aromatic rings. The largest absolute Gasteiger partial charge is 0.465 e. The maximum absolute atomic E-state index is 12.2. The van der Waals surface area contributed by atoms with E-state index in [2.05, 4.69) is 6.92 Å². The van der Waals surface area contributed by atoms with Gasteiger partial charge in [-0.15, -0.1) is 0 Å². The predicted molar refractivity (Wildman–Crippen MR) is 182 cm³/mol. The first kappa shape index (κ1) is 39.7. The van der Waals surface area contributed by atoms with E-state index in [1.807, 2.05) is 6.92 Å². The molecule has 0 amide bonds. The molecule has 0 saturated carbocycles. The zero-order valence-electron chi connectivity index (χ0n) is 28.6. The van der Waals surface area contributed by atoms with Crippen LogP contribution in [-0.2, 0) is 33.3 Å². The van der Waals surface area contributed by atoms with Crippen molar-refractivity contribution in [2.24, 2.45) is 5.92 Å². The summed E-state index contributed by atoms with van der Waals surface area (Å²) in [4.78, 5) is 12.3. The number of carbonyl (C=O) groups is 1. The fraction of sp³-hybridized carbons (Fsp3) is 0.811. The van der Waals surface area contributed by atoms with Crippen LogP contribution in [0.5, 0.6) is 0 Å². The van der Waals surface area contributed by atoms with Gasteiger partial charge in [-0.05, 0) is 44.7 Å². The zero-order valence-corrected chi connectivity index (χ0v) is 29.4. The first-order valence-electron chi connectivity index (χ1n) is 18.2. The van der Waals surface area contributed by atoms with Crippen molar-refractivity contribution in [3.8, 4) is 0 Å². The molecule has 2 atom stereocenters. The normalized spacial score (nSPS) is 16.8. The van der Waals surface area contributed by atoms with Gasteiger partial charge < -0.3 is 14.2 Å². The van der Waals surface area contributed by atoms with Crippen molar-refractivity contribution in [3.63, 3.8) is 0 Å². The molecule has 2 rings (SSSR count). The maximum atomic E-state index is 12.2. The Kier molecular flexibility index (Phi) is 22.6. The molecule has 0 N–H and O–H groups in total. The minimum Gasteiger partial charge on any atom is -0.465 e. The van der Waals surface area contributed by atoms with E-state index < -0.39 is 10.1 Å². The Morgan fingerprint density at radius 3 is 1.87 bits per heavy atom. The highest BCUT2D eigenvalue weighted by molar-refractivity contribution is 7.86. The van der Waals surface area contributed by atoms with Crippen molar-refractivity contribution in [1.29, 1.82) is 0 Å². The molecule has 0 aromatic heterocycles. The highest BCUT2D eigenvalue weighted by Crippen LogP contribution is 2.21. The summed E-state index contributed by atoms with van der Waals surface area (Å²) >= 11 is 0. The lowest BCUT2D eigenvalue weighted by Crippen LogP contribution is -2.16. The molecule has 8 heteroatoms. The molecule has 0 spiro atoms. The summed E-state index contributed by atoms with van der Waals surface area (Å²) < 4.78 is 46.7. The zero-order chi connectivity index (χ0) is 32.4. The van der Waals surface area contributed by atoms with Gasteiger partial charge in [0.15, 0.2) is 0 Å². The second kappa shape index (κ2) is 25.6. The average Bonchev–Trinajstić information content (AvgIpc) is 3.49. The van der Waals surface area contributed by atoms with Crippen LogP contribution in [0.1, 0.15) is 147 Å². The molecule has 260 valence electrons.